The average molecular weight is 236 g/mol. The molecule has 2 aliphatic carbocycles. The summed E-state index contributed by atoms with van der Waals surface area (Å²) in [7, 11) is 0. The van der Waals surface area contributed by atoms with Gasteiger partial charge in [0, 0.05) is 42.2 Å². The highest BCUT2D eigenvalue weighted by molar-refractivity contribution is 4.69. The minimum Gasteiger partial charge on any atom is -0.214 e. The van der Waals surface area contributed by atoms with Gasteiger partial charge in [-0.2, -0.15) is 10.9 Å². The molecule has 0 aromatic carbocycles. The lowest BCUT2D eigenvalue weighted by Crippen LogP contribution is -2.40. The van der Waals surface area contributed by atoms with Crippen molar-refractivity contribution in [2.45, 2.75) is 75.8 Å². The Morgan fingerprint density at radius 1 is 0.867 bits per heavy atom. The molecule has 0 heterocycles. The number of hydrogen-bond donors (Lipinski definition) is 2. The predicted molar refractivity (Wildman–Crippen MR) is 61.1 cm³/mol. The van der Waals surface area contributed by atoms with Crippen LogP contribution in [0.15, 0.2) is 0 Å². The molecule has 0 radical (unpaired) electrons. The second-order valence-corrected chi connectivity index (χ2v) is 2.21. The molecule has 0 aliphatic heterocycles. The van der Waals surface area contributed by atoms with Gasteiger partial charge in [-0.1, -0.05) is 38.2 Å². The van der Waals surface area contributed by atoms with Crippen LogP contribution in [0.3, 0.4) is 0 Å². The Labute approximate surface area is 127 Å². The molecular weight excluding hydrogens is 188 g/mol. The van der Waals surface area contributed by atoms with Gasteiger partial charge in [0.15, 0.2) is 2.82 Å². The number of rotatable bonds is 4. The minimum atomic E-state index is -4.38. The minimum absolute atomic E-state index is 1.19. The van der Waals surface area contributed by atoms with Gasteiger partial charge in [0.1, 0.15) is 0 Å². The van der Waals surface area contributed by atoms with E-state index >= 15 is 0 Å². The molecule has 0 aromatic heterocycles. The van der Waals surface area contributed by atoms with Gasteiger partial charge in [-0.15, -0.1) is 0 Å². The zero-order valence-electron chi connectivity index (χ0n) is 31.3. The van der Waals surface area contributed by atoms with Gasteiger partial charge in [0.25, 0.3) is 0 Å². The molecule has 15 heavy (non-hydrogen) atoms. The molecule has 0 bridgehead atoms. The smallest absolute Gasteiger partial charge is 0.157 e. The molecule has 3 heteroatoms. The van der Waals surface area contributed by atoms with E-state index in [0.29, 0.717) is 0 Å². The van der Waals surface area contributed by atoms with Crippen LogP contribution in [0, 0.1) is 0 Å². The number of hydroxylamine groups is 2. The standard InChI is InChI=1S/C12H24N2O/c1-3-7-11(8-4-1)13-15-14-12-9-5-2-6-10-12/h11-14H,1-10H2/i1D2,2D2,3D2,4D2,5D2,6D2,7D2,8D2,9D2,10D2,11D,12D/hD2. The fourth-order valence-corrected chi connectivity index (χ4v) is 0.680. The first-order valence-electron chi connectivity index (χ1n) is 15.7. The third kappa shape index (κ3) is 4.09. The maximum absolute atomic E-state index is 8.36. The summed E-state index contributed by atoms with van der Waals surface area (Å²) < 4.78 is 191. The summed E-state index contributed by atoms with van der Waals surface area (Å²) in [4.78, 5) is 4.34. The van der Waals surface area contributed by atoms with Crippen molar-refractivity contribution >= 4 is 0 Å². The van der Waals surface area contributed by atoms with Gasteiger partial charge >= 0.3 is 0 Å². The van der Waals surface area contributed by atoms with Crippen LogP contribution in [0.5, 0.6) is 0 Å². The number of nitrogens with one attached hydrogen (secondary N) is 2. The topological polar surface area (TPSA) is 33.3 Å². The summed E-state index contributed by atoms with van der Waals surface area (Å²) in [5.41, 5.74) is -2.39. The fraction of sp³-hybridized carbons (Fsp3) is 1.00. The zero-order valence-corrected chi connectivity index (χ0v) is 7.30. The van der Waals surface area contributed by atoms with Crippen molar-refractivity contribution in [3.05, 3.63) is 0 Å². The second-order valence-electron chi connectivity index (χ2n) is 2.21. The van der Waals surface area contributed by atoms with Crippen LogP contribution in [-0.4, -0.2) is 12.0 Å². The highest BCUT2D eigenvalue weighted by atomic mass is 16.8. The lowest BCUT2D eigenvalue weighted by atomic mass is 9.96. The van der Waals surface area contributed by atoms with Crippen molar-refractivity contribution in [2.24, 2.45) is 0 Å². The third-order valence-corrected chi connectivity index (χ3v) is 1.24. The molecule has 0 spiro atoms. The number of hydrogen-bond acceptors (Lipinski definition) is 3. The lowest BCUT2D eigenvalue weighted by molar-refractivity contribution is -0.0831. The Bertz CT molecular complexity index is 865. The van der Waals surface area contributed by atoms with Crippen molar-refractivity contribution in [1.29, 1.82) is 0 Å². The van der Waals surface area contributed by atoms with E-state index in [0.717, 1.165) is 0 Å². The molecule has 2 rings (SSSR count). The van der Waals surface area contributed by atoms with Crippen molar-refractivity contribution in [3.63, 3.8) is 0 Å². The fourth-order valence-electron chi connectivity index (χ4n) is 0.680. The van der Waals surface area contributed by atoms with E-state index in [1.54, 1.807) is 0 Å². The molecule has 0 atom stereocenters. The highest BCUT2D eigenvalue weighted by Crippen LogP contribution is 2.18. The van der Waals surface area contributed by atoms with E-state index in [4.69, 9.17) is 33.0 Å². The van der Waals surface area contributed by atoms with Crippen LogP contribution in [-0.2, 0) is 4.94 Å². The van der Waals surface area contributed by atoms with Crippen LogP contribution in [0.2, 0.25) is 2.82 Å². The van der Waals surface area contributed by atoms with E-state index in [-0.39, 0.29) is 0 Å². The van der Waals surface area contributed by atoms with Gasteiger partial charge in [-0.25, -0.2) is 4.94 Å². The van der Waals surface area contributed by atoms with Gasteiger partial charge in [0.2, 0.25) is 0 Å². The summed E-state index contributed by atoms with van der Waals surface area (Å²) in [6, 6.07) is -8.76. The Kier molecular flexibility index (Phi) is 0.776. The van der Waals surface area contributed by atoms with Gasteiger partial charge in [0.05, 0.1) is 0 Å². The molecule has 88 valence electrons. The zero-order chi connectivity index (χ0) is 31.9. The Morgan fingerprint density at radius 3 is 1.67 bits per heavy atom. The molecule has 0 amide bonds. The SMILES string of the molecule is [2H]N(ON([2H])C1([2H])C([2H])([2H])C([2H])([2H])C([2H])([2H])C([2H])([2H])C1([2H])[2H])C1([2H])C([2H])([2H])C([2H])([2H])C([2H])([2H])C([2H])([2H])C1([2H])[2H]. The Balaban J connectivity index is 2.79. The normalized spacial score (nSPS) is 87.6. The van der Waals surface area contributed by atoms with Gasteiger partial charge < -0.3 is 0 Å². The molecular formula is C12H24N2O. The Hall–Kier alpha value is -0.120. The lowest BCUT2D eigenvalue weighted by Gasteiger charge is -2.26. The van der Waals surface area contributed by atoms with Crippen molar-refractivity contribution in [1.82, 2.24) is 10.9 Å². The van der Waals surface area contributed by atoms with Crippen molar-refractivity contribution < 1.29 is 37.9 Å². The second kappa shape index (κ2) is 6.46. The first-order valence-corrected chi connectivity index (χ1v) is 3.81. The summed E-state index contributed by atoms with van der Waals surface area (Å²) in [5.74, 6) is 0. The summed E-state index contributed by atoms with van der Waals surface area (Å²) >= 11 is 0. The highest BCUT2D eigenvalue weighted by Gasteiger charge is 2.15. The summed E-state index contributed by atoms with van der Waals surface area (Å²) in [6.07, 6.45) is -41.7. The first-order chi connectivity index (χ1) is 16.5. The van der Waals surface area contributed by atoms with Gasteiger partial charge in [-0.05, 0) is 25.5 Å². The quantitative estimate of drug-likeness (QED) is 0.736. The molecule has 0 saturated heterocycles. The molecule has 2 N–H and O–H groups in total. The van der Waals surface area contributed by atoms with Crippen LogP contribution in [0.4, 0.5) is 0 Å². The first kappa shape index (κ1) is 1.80. The van der Waals surface area contributed by atoms with Crippen LogP contribution in [0.1, 0.15) is 93.9 Å². The van der Waals surface area contributed by atoms with E-state index < -0.39 is 86.7 Å². The Morgan fingerprint density at radius 2 is 1.27 bits per heavy atom. The van der Waals surface area contributed by atoms with Crippen LogP contribution in [0.25, 0.3) is 0 Å². The molecule has 2 fully saturated rings. The maximum Gasteiger partial charge on any atom is 0.157 e. The third-order valence-electron chi connectivity index (χ3n) is 1.24. The van der Waals surface area contributed by atoms with Crippen molar-refractivity contribution in [3.8, 4) is 0 Å². The molecule has 2 aliphatic rings. The summed E-state index contributed by atoms with van der Waals surface area (Å²) in [6.45, 7) is 0. The predicted octanol–water partition coefficient (Wildman–Crippen LogP) is 2.68. The van der Waals surface area contributed by atoms with Crippen LogP contribution >= 0.6 is 0 Å². The van der Waals surface area contributed by atoms with Crippen molar-refractivity contribution in [2.75, 3.05) is 0 Å². The average Bonchev–Trinajstić information content (AvgIpc) is 2.74. The molecule has 0 unspecified atom stereocenters. The molecule has 2 saturated carbocycles. The van der Waals surface area contributed by atoms with Gasteiger partial charge in [-0.3, -0.25) is 0 Å². The monoisotopic (exact) mass is 236 g/mol. The van der Waals surface area contributed by atoms with Crippen LogP contribution < -0.4 is 10.9 Å². The van der Waals surface area contributed by atoms with E-state index in [9.17, 15) is 0 Å². The molecule has 3 nitrogen and oxygen atoms in total. The summed E-state index contributed by atoms with van der Waals surface area (Å²) in [5, 5.41) is 0. The maximum atomic E-state index is 8.36. The molecule has 0 aromatic rings. The van der Waals surface area contributed by atoms with E-state index in [1.807, 2.05) is 0 Å². The van der Waals surface area contributed by atoms with E-state index in [2.05, 4.69) is 4.94 Å². The van der Waals surface area contributed by atoms with E-state index in [1.165, 1.54) is 0 Å². The largest absolute Gasteiger partial charge is 0.214 e.